The van der Waals surface area contributed by atoms with Crippen molar-refractivity contribution in [2.75, 3.05) is 20.2 Å². The Labute approximate surface area is 115 Å². The van der Waals surface area contributed by atoms with E-state index in [9.17, 15) is 0 Å². The maximum Gasteiger partial charge on any atom is 0.161 e. The molecule has 0 spiro atoms. The van der Waals surface area contributed by atoms with E-state index in [2.05, 4.69) is 18.0 Å². The zero-order chi connectivity index (χ0) is 12.1. The molecular formula is C14H20ClNO2. The van der Waals surface area contributed by atoms with Crippen molar-refractivity contribution in [1.82, 2.24) is 5.32 Å². The van der Waals surface area contributed by atoms with E-state index in [1.54, 1.807) is 7.11 Å². The summed E-state index contributed by atoms with van der Waals surface area (Å²) < 4.78 is 11.3. The zero-order valence-electron chi connectivity index (χ0n) is 10.6. The molecule has 2 rings (SSSR count). The quantitative estimate of drug-likeness (QED) is 0.834. The third kappa shape index (κ3) is 3.65. The Hall–Kier alpha value is -1.19. The van der Waals surface area contributed by atoms with Crippen LogP contribution >= 0.6 is 12.4 Å². The Morgan fingerprint density at radius 1 is 1.44 bits per heavy atom. The van der Waals surface area contributed by atoms with Gasteiger partial charge in [-0.25, -0.2) is 0 Å². The van der Waals surface area contributed by atoms with Crippen molar-refractivity contribution < 1.29 is 9.47 Å². The van der Waals surface area contributed by atoms with Gasteiger partial charge in [-0.3, -0.25) is 0 Å². The molecule has 1 heterocycles. The van der Waals surface area contributed by atoms with Gasteiger partial charge in [-0.05, 0) is 37.1 Å². The molecule has 100 valence electrons. The molecule has 1 aliphatic heterocycles. The monoisotopic (exact) mass is 269 g/mol. The van der Waals surface area contributed by atoms with Gasteiger partial charge in [0.2, 0.25) is 0 Å². The molecule has 1 aliphatic rings. The molecule has 0 aliphatic carbocycles. The van der Waals surface area contributed by atoms with Gasteiger partial charge in [0.05, 0.1) is 7.11 Å². The second-order valence-corrected chi connectivity index (χ2v) is 4.21. The van der Waals surface area contributed by atoms with Crippen LogP contribution in [0.2, 0.25) is 0 Å². The number of rotatable bonds is 5. The van der Waals surface area contributed by atoms with Gasteiger partial charge in [0, 0.05) is 6.54 Å². The number of hydrogen-bond acceptors (Lipinski definition) is 3. The van der Waals surface area contributed by atoms with E-state index in [1.165, 1.54) is 5.56 Å². The number of methoxy groups -OCH3 is 1. The van der Waals surface area contributed by atoms with E-state index in [0.717, 1.165) is 37.4 Å². The molecule has 1 saturated heterocycles. The minimum atomic E-state index is 0. The van der Waals surface area contributed by atoms with Crippen molar-refractivity contribution in [3.63, 3.8) is 0 Å². The van der Waals surface area contributed by atoms with Gasteiger partial charge in [-0.15, -0.1) is 19.0 Å². The fourth-order valence-electron chi connectivity index (χ4n) is 2.01. The van der Waals surface area contributed by atoms with Crippen LogP contribution in [0.5, 0.6) is 11.5 Å². The minimum absolute atomic E-state index is 0. The molecule has 1 aromatic rings. The van der Waals surface area contributed by atoms with Gasteiger partial charge >= 0.3 is 0 Å². The predicted octanol–water partition coefficient (Wildman–Crippen LogP) is 2.59. The number of ether oxygens (including phenoxy) is 2. The van der Waals surface area contributed by atoms with Crippen molar-refractivity contribution in [3.05, 3.63) is 36.4 Å². The van der Waals surface area contributed by atoms with Gasteiger partial charge in [-0.1, -0.05) is 12.1 Å². The fraction of sp³-hybridized carbons (Fsp3) is 0.429. The average molecular weight is 270 g/mol. The van der Waals surface area contributed by atoms with E-state index in [1.807, 2.05) is 18.2 Å². The van der Waals surface area contributed by atoms with Gasteiger partial charge in [-0.2, -0.15) is 0 Å². The highest BCUT2D eigenvalue weighted by atomic mass is 35.5. The minimum Gasteiger partial charge on any atom is -0.493 e. The third-order valence-electron chi connectivity index (χ3n) is 2.92. The van der Waals surface area contributed by atoms with Gasteiger partial charge in [0.15, 0.2) is 11.5 Å². The van der Waals surface area contributed by atoms with Crippen LogP contribution in [0.4, 0.5) is 0 Å². The average Bonchev–Trinajstić information content (AvgIpc) is 2.84. The number of hydrogen-bond donors (Lipinski definition) is 1. The first-order valence-corrected chi connectivity index (χ1v) is 5.98. The fourth-order valence-corrected chi connectivity index (χ4v) is 2.01. The molecule has 1 aromatic carbocycles. The highest BCUT2D eigenvalue weighted by Gasteiger charge is 2.17. The standard InChI is InChI=1S/C14H19NO2.ClH/c1-3-4-11-5-6-13(14(9-11)16-2)17-12-7-8-15-10-12;/h3,5-6,9,12,15H,1,4,7-8,10H2,2H3;1H. The summed E-state index contributed by atoms with van der Waals surface area (Å²) in [6.45, 7) is 5.68. The predicted molar refractivity (Wildman–Crippen MR) is 76.0 cm³/mol. The molecule has 1 N–H and O–H groups in total. The molecule has 1 unspecified atom stereocenters. The Morgan fingerprint density at radius 2 is 2.28 bits per heavy atom. The van der Waals surface area contributed by atoms with Crippen LogP contribution in [0.15, 0.2) is 30.9 Å². The molecule has 0 radical (unpaired) electrons. The van der Waals surface area contributed by atoms with Crippen LogP contribution in [-0.2, 0) is 6.42 Å². The lowest BCUT2D eigenvalue weighted by molar-refractivity contribution is 0.212. The Kier molecular flexibility index (Phi) is 6.02. The molecular weight excluding hydrogens is 250 g/mol. The molecule has 1 atom stereocenters. The molecule has 3 nitrogen and oxygen atoms in total. The Morgan fingerprint density at radius 3 is 2.89 bits per heavy atom. The van der Waals surface area contributed by atoms with Crippen LogP contribution in [0.25, 0.3) is 0 Å². The summed E-state index contributed by atoms with van der Waals surface area (Å²) in [6, 6.07) is 6.05. The first kappa shape index (κ1) is 14.9. The van der Waals surface area contributed by atoms with Crippen molar-refractivity contribution >= 4 is 12.4 Å². The smallest absolute Gasteiger partial charge is 0.161 e. The summed E-state index contributed by atoms with van der Waals surface area (Å²) in [4.78, 5) is 0. The van der Waals surface area contributed by atoms with Crippen molar-refractivity contribution in [2.24, 2.45) is 0 Å². The lowest BCUT2D eigenvalue weighted by atomic mass is 10.1. The number of benzene rings is 1. The van der Waals surface area contributed by atoms with Crippen LogP contribution in [0.3, 0.4) is 0 Å². The summed E-state index contributed by atoms with van der Waals surface area (Å²) in [6.07, 6.45) is 4.05. The lowest BCUT2D eigenvalue weighted by Crippen LogP contribution is -2.19. The molecule has 0 saturated carbocycles. The maximum atomic E-state index is 5.92. The summed E-state index contributed by atoms with van der Waals surface area (Å²) in [5.74, 6) is 1.63. The largest absolute Gasteiger partial charge is 0.493 e. The van der Waals surface area contributed by atoms with Crippen LogP contribution in [0, 0.1) is 0 Å². The van der Waals surface area contributed by atoms with Crippen molar-refractivity contribution in [3.8, 4) is 11.5 Å². The molecule has 1 fully saturated rings. The highest BCUT2D eigenvalue weighted by molar-refractivity contribution is 5.85. The maximum absolute atomic E-state index is 5.92. The van der Waals surface area contributed by atoms with Crippen LogP contribution in [0.1, 0.15) is 12.0 Å². The van der Waals surface area contributed by atoms with E-state index in [0.29, 0.717) is 0 Å². The van der Waals surface area contributed by atoms with E-state index < -0.39 is 0 Å². The number of allylic oxidation sites excluding steroid dienone is 1. The Balaban J connectivity index is 0.00000162. The van der Waals surface area contributed by atoms with Crippen LogP contribution in [-0.4, -0.2) is 26.3 Å². The first-order chi connectivity index (χ1) is 8.33. The van der Waals surface area contributed by atoms with Crippen LogP contribution < -0.4 is 14.8 Å². The third-order valence-corrected chi connectivity index (χ3v) is 2.92. The van der Waals surface area contributed by atoms with E-state index in [4.69, 9.17) is 9.47 Å². The lowest BCUT2D eigenvalue weighted by Gasteiger charge is -2.16. The molecule has 4 heteroatoms. The SMILES string of the molecule is C=CCc1ccc(OC2CCNC2)c(OC)c1.Cl. The van der Waals surface area contributed by atoms with Gasteiger partial charge in [0.1, 0.15) is 6.10 Å². The second-order valence-electron chi connectivity index (χ2n) is 4.21. The van der Waals surface area contributed by atoms with Gasteiger partial charge < -0.3 is 14.8 Å². The topological polar surface area (TPSA) is 30.5 Å². The van der Waals surface area contributed by atoms with Gasteiger partial charge in [0.25, 0.3) is 0 Å². The van der Waals surface area contributed by atoms with E-state index in [-0.39, 0.29) is 18.5 Å². The molecule has 0 amide bonds. The summed E-state index contributed by atoms with van der Waals surface area (Å²) >= 11 is 0. The summed E-state index contributed by atoms with van der Waals surface area (Å²) in [5, 5.41) is 3.28. The zero-order valence-corrected chi connectivity index (χ0v) is 11.5. The van der Waals surface area contributed by atoms with Crippen molar-refractivity contribution in [2.45, 2.75) is 18.9 Å². The molecule has 18 heavy (non-hydrogen) atoms. The number of nitrogens with one attached hydrogen (secondary N) is 1. The number of halogens is 1. The van der Waals surface area contributed by atoms with E-state index >= 15 is 0 Å². The highest BCUT2D eigenvalue weighted by Crippen LogP contribution is 2.29. The molecule has 0 bridgehead atoms. The first-order valence-electron chi connectivity index (χ1n) is 5.98. The normalized spacial score (nSPS) is 17.9. The Bertz CT molecular complexity index is 389. The van der Waals surface area contributed by atoms with Crippen molar-refractivity contribution in [1.29, 1.82) is 0 Å². The summed E-state index contributed by atoms with van der Waals surface area (Å²) in [5.41, 5.74) is 1.19. The second kappa shape index (κ2) is 7.29. The summed E-state index contributed by atoms with van der Waals surface area (Å²) in [7, 11) is 1.67. The molecule has 0 aromatic heterocycles.